The van der Waals surface area contributed by atoms with E-state index in [0.29, 0.717) is 5.56 Å². The normalized spacial score (nSPS) is 19.0. The molecule has 1 aliphatic rings. The van der Waals surface area contributed by atoms with Crippen LogP contribution in [0.4, 0.5) is 17.6 Å². The zero-order valence-electron chi connectivity index (χ0n) is 11.2. The van der Waals surface area contributed by atoms with Crippen LogP contribution < -0.4 is 0 Å². The molecule has 0 N–H and O–H groups in total. The number of azide groups is 1. The molecule has 0 bridgehead atoms. The second kappa shape index (κ2) is 5.29. The van der Waals surface area contributed by atoms with Gasteiger partial charge < -0.3 is 0 Å². The Morgan fingerprint density at radius 1 is 1.29 bits per heavy atom. The minimum absolute atomic E-state index is 0.178. The summed E-state index contributed by atoms with van der Waals surface area (Å²) in [5.41, 5.74) is 7.54. The number of alkyl halides is 5. The van der Waals surface area contributed by atoms with Crippen LogP contribution in [0.1, 0.15) is 19.4 Å². The summed E-state index contributed by atoms with van der Waals surface area (Å²) in [7, 11) is 0. The van der Waals surface area contributed by atoms with Gasteiger partial charge in [-0.15, -0.1) is 0 Å². The molecule has 21 heavy (non-hydrogen) atoms. The van der Waals surface area contributed by atoms with E-state index in [1.807, 2.05) is 0 Å². The molecule has 1 aromatic rings. The van der Waals surface area contributed by atoms with Crippen LogP contribution in [0.25, 0.3) is 10.4 Å². The zero-order chi connectivity index (χ0) is 15.9. The number of nitrogens with zero attached hydrogens (tertiary/aromatic N) is 3. The zero-order valence-corrected chi connectivity index (χ0v) is 13.3. The van der Waals surface area contributed by atoms with Crippen LogP contribution in [-0.4, -0.2) is 16.4 Å². The first-order valence-corrected chi connectivity index (χ1v) is 8.93. The molecule has 9 heteroatoms. The van der Waals surface area contributed by atoms with Crippen LogP contribution in [0.15, 0.2) is 29.4 Å². The third-order valence-electron chi connectivity index (χ3n) is 2.94. The predicted octanol–water partition coefficient (Wildman–Crippen LogP) is 5.08. The van der Waals surface area contributed by atoms with Crippen molar-refractivity contribution in [3.05, 3.63) is 43.8 Å². The Hall–Kier alpha value is -1.06. The fourth-order valence-corrected chi connectivity index (χ4v) is 7.25. The summed E-state index contributed by atoms with van der Waals surface area (Å²) in [6, 6.07) is 6.19. The average molecular weight is 417 g/mol. The summed E-state index contributed by atoms with van der Waals surface area (Å²) in [5.74, 6) is -4.43. The molecule has 0 radical (unpaired) electrons. The van der Waals surface area contributed by atoms with Crippen molar-refractivity contribution >= 4 is 20.2 Å². The van der Waals surface area contributed by atoms with Crippen LogP contribution in [0, 0.1) is 3.57 Å². The summed E-state index contributed by atoms with van der Waals surface area (Å²) in [6.45, 7) is 1.56. The minimum atomic E-state index is -4.43. The SMILES string of the molecule is CC1(C)OI(C(F)(F)C(F)(F)CN=[N+]=[N-])c2ccccc21. The third-order valence-corrected chi connectivity index (χ3v) is 8.50. The number of rotatable bonds is 4. The van der Waals surface area contributed by atoms with E-state index >= 15 is 0 Å². The van der Waals surface area contributed by atoms with Gasteiger partial charge in [0.05, 0.1) is 0 Å². The molecule has 0 unspecified atom stereocenters. The quantitative estimate of drug-likeness (QED) is 0.168. The van der Waals surface area contributed by atoms with E-state index in [9.17, 15) is 17.6 Å². The summed E-state index contributed by atoms with van der Waals surface area (Å²) in [5, 5.41) is 2.59. The van der Waals surface area contributed by atoms with Crippen LogP contribution in [0.3, 0.4) is 0 Å². The molecule has 0 saturated heterocycles. The van der Waals surface area contributed by atoms with Crippen molar-refractivity contribution in [2.24, 2.45) is 5.11 Å². The van der Waals surface area contributed by atoms with Gasteiger partial charge in [-0.25, -0.2) is 0 Å². The van der Waals surface area contributed by atoms with E-state index in [4.69, 9.17) is 8.60 Å². The monoisotopic (exact) mass is 417 g/mol. The van der Waals surface area contributed by atoms with Gasteiger partial charge >= 0.3 is 126 Å². The first-order valence-electron chi connectivity index (χ1n) is 5.89. The first-order chi connectivity index (χ1) is 9.63. The van der Waals surface area contributed by atoms with Gasteiger partial charge in [-0.1, -0.05) is 0 Å². The maximum atomic E-state index is 14.3. The van der Waals surface area contributed by atoms with Gasteiger partial charge in [0, 0.05) is 0 Å². The Bertz CT molecular complexity index is 602. The molecule has 1 heterocycles. The van der Waals surface area contributed by atoms with Crippen molar-refractivity contribution in [2.45, 2.75) is 29.3 Å². The van der Waals surface area contributed by atoms with Crippen molar-refractivity contribution in [3.63, 3.8) is 0 Å². The Labute approximate surface area is 126 Å². The number of hydrogen-bond acceptors (Lipinski definition) is 2. The van der Waals surface area contributed by atoms with Crippen LogP contribution in [0.2, 0.25) is 0 Å². The summed E-state index contributed by atoms with van der Waals surface area (Å²) in [4.78, 5) is 2.12. The summed E-state index contributed by atoms with van der Waals surface area (Å²) >= 11 is -3.96. The molecule has 0 fully saturated rings. The average Bonchev–Trinajstić information content (AvgIpc) is 2.69. The van der Waals surface area contributed by atoms with Crippen molar-refractivity contribution in [3.8, 4) is 0 Å². The second-order valence-electron chi connectivity index (χ2n) is 4.91. The Balaban J connectivity index is 2.45. The van der Waals surface area contributed by atoms with E-state index in [-0.39, 0.29) is 3.57 Å². The molecular weight excluding hydrogens is 405 g/mol. The van der Waals surface area contributed by atoms with Crippen molar-refractivity contribution in [1.29, 1.82) is 0 Å². The molecule has 0 aromatic heterocycles. The maximum absolute atomic E-state index is 14.3. The van der Waals surface area contributed by atoms with Gasteiger partial charge in [-0.2, -0.15) is 0 Å². The van der Waals surface area contributed by atoms with Crippen molar-refractivity contribution < 1.29 is 20.6 Å². The van der Waals surface area contributed by atoms with Crippen LogP contribution >= 0.6 is 20.2 Å². The molecule has 4 nitrogen and oxygen atoms in total. The van der Waals surface area contributed by atoms with E-state index < -0.39 is 42.2 Å². The van der Waals surface area contributed by atoms with E-state index in [2.05, 4.69) is 10.0 Å². The number of fused-ring (bicyclic) bond motifs is 1. The van der Waals surface area contributed by atoms with Gasteiger partial charge in [0.1, 0.15) is 0 Å². The molecule has 0 saturated carbocycles. The molecule has 0 amide bonds. The van der Waals surface area contributed by atoms with E-state index in [1.54, 1.807) is 26.0 Å². The van der Waals surface area contributed by atoms with Gasteiger partial charge in [0.25, 0.3) is 0 Å². The molecule has 1 aliphatic heterocycles. The molecular formula is C12H12F4IN3O. The Morgan fingerprint density at radius 2 is 1.90 bits per heavy atom. The second-order valence-corrected chi connectivity index (χ2v) is 9.28. The van der Waals surface area contributed by atoms with Gasteiger partial charge in [-0.3, -0.25) is 0 Å². The van der Waals surface area contributed by atoms with E-state index in [1.165, 1.54) is 12.1 Å². The van der Waals surface area contributed by atoms with Gasteiger partial charge in [0.2, 0.25) is 0 Å². The number of benzene rings is 1. The Kier molecular flexibility index (Phi) is 4.11. The molecule has 0 spiro atoms. The van der Waals surface area contributed by atoms with Gasteiger partial charge in [-0.05, 0) is 0 Å². The molecule has 2 rings (SSSR count). The van der Waals surface area contributed by atoms with Crippen LogP contribution in [0.5, 0.6) is 0 Å². The Morgan fingerprint density at radius 3 is 2.52 bits per heavy atom. The predicted molar refractivity (Wildman–Crippen MR) is 77.2 cm³/mol. The van der Waals surface area contributed by atoms with Crippen molar-refractivity contribution in [2.75, 3.05) is 6.54 Å². The standard InChI is InChI=1S/C12H12F4IN3O/c1-10(2)8-5-3-4-6-9(8)17(21-10)12(15,16)11(13,14)7-19-20-18/h3-6H,7H2,1-2H3. The van der Waals surface area contributed by atoms with E-state index in [0.717, 1.165) is 0 Å². The number of halogens is 5. The first kappa shape index (κ1) is 16.3. The molecule has 1 aromatic carbocycles. The fourth-order valence-electron chi connectivity index (χ4n) is 1.89. The molecule has 116 valence electrons. The molecule has 0 aliphatic carbocycles. The fraction of sp³-hybridized carbons (Fsp3) is 0.500. The van der Waals surface area contributed by atoms with Gasteiger partial charge in [0.15, 0.2) is 0 Å². The molecule has 0 atom stereocenters. The van der Waals surface area contributed by atoms with Crippen molar-refractivity contribution in [1.82, 2.24) is 0 Å². The summed E-state index contributed by atoms with van der Waals surface area (Å²) < 4.78 is 57.2. The topological polar surface area (TPSA) is 58.0 Å². The number of hydrogen-bond donors (Lipinski definition) is 0. The summed E-state index contributed by atoms with van der Waals surface area (Å²) in [6.07, 6.45) is 0. The van der Waals surface area contributed by atoms with Crippen LogP contribution in [-0.2, 0) is 8.67 Å². The third kappa shape index (κ3) is 2.69.